The van der Waals surface area contributed by atoms with Gasteiger partial charge in [0.25, 0.3) is 0 Å². The first kappa shape index (κ1) is 31.1. The molecular weight excluding hydrogens is 508 g/mol. The van der Waals surface area contributed by atoms with Crippen LogP contribution in [0.15, 0.2) is 58.8 Å². The molecule has 2 aromatic rings. The van der Waals surface area contributed by atoms with E-state index in [1.165, 1.54) is 18.4 Å². The van der Waals surface area contributed by atoms with Crippen LogP contribution in [0.3, 0.4) is 0 Å². The van der Waals surface area contributed by atoms with Crippen molar-refractivity contribution in [3.63, 3.8) is 0 Å². The predicted molar refractivity (Wildman–Crippen MR) is 143 cm³/mol. The van der Waals surface area contributed by atoms with Crippen molar-refractivity contribution >= 4 is 11.4 Å². The molecule has 1 heterocycles. The zero-order valence-corrected chi connectivity index (χ0v) is 22.3. The summed E-state index contributed by atoms with van der Waals surface area (Å²) in [7, 11) is 0. The van der Waals surface area contributed by atoms with Crippen LogP contribution in [-0.2, 0) is 25.4 Å². The number of hydrogen-bond acceptors (Lipinski definition) is 11. The molecule has 1 aliphatic heterocycles. The molecule has 11 nitrogen and oxygen atoms in total. The Kier molecular flexibility index (Phi) is 13.7. The highest BCUT2D eigenvalue weighted by molar-refractivity contribution is 5.43. The van der Waals surface area contributed by atoms with E-state index in [0.717, 1.165) is 17.8 Å². The molecule has 0 aromatic heterocycles. The van der Waals surface area contributed by atoms with Gasteiger partial charge in [0.05, 0.1) is 51.0 Å². The van der Waals surface area contributed by atoms with E-state index in [4.69, 9.17) is 23.7 Å². The van der Waals surface area contributed by atoms with E-state index in [9.17, 15) is 20.4 Å². The van der Waals surface area contributed by atoms with Gasteiger partial charge in [0.1, 0.15) is 36.8 Å². The third kappa shape index (κ3) is 10.5. The smallest absolute Gasteiger partial charge is 0.186 e. The lowest BCUT2D eigenvalue weighted by Gasteiger charge is -2.39. The molecule has 1 aliphatic rings. The van der Waals surface area contributed by atoms with E-state index in [1.807, 2.05) is 36.4 Å². The van der Waals surface area contributed by atoms with E-state index in [2.05, 4.69) is 29.3 Å². The van der Waals surface area contributed by atoms with Gasteiger partial charge < -0.3 is 44.1 Å². The SMILES string of the molecule is CCCCc1ccc(N=Nc2ccc(OCCOCCOCCO[C@@H]3O[C@H](CO)[C@H](O)[C@H](O)[C@H]3O)cc2)cc1. The van der Waals surface area contributed by atoms with E-state index >= 15 is 0 Å². The van der Waals surface area contributed by atoms with Crippen molar-refractivity contribution in [3.8, 4) is 5.75 Å². The minimum Gasteiger partial charge on any atom is -0.491 e. The summed E-state index contributed by atoms with van der Waals surface area (Å²) in [6.45, 7) is 3.45. The minimum absolute atomic E-state index is 0.0900. The maximum Gasteiger partial charge on any atom is 0.186 e. The molecule has 0 bridgehead atoms. The monoisotopic (exact) mass is 548 g/mol. The Balaban J connectivity index is 1.21. The summed E-state index contributed by atoms with van der Waals surface area (Å²) in [6, 6.07) is 15.5. The van der Waals surface area contributed by atoms with E-state index < -0.39 is 37.3 Å². The quantitative estimate of drug-likeness (QED) is 0.173. The molecule has 216 valence electrons. The second kappa shape index (κ2) is 17.3. The zero-order valence-electron chi connectivity index (χ0n) is 22.3. The molecule has 0 unspecified atom stereocenters. The van der Waals surface area contributed by atoms with Gasteiger partial charge in [0, 0.05) is 0 Å². The van der Waals surface area contributed by atoms with Crippen LogP contribution >= 0.6 is 0 Å². The average molecular weight is 549 g/mol. The summed E-state index contributed by atoms with van der Waals surface area (Å²) < 4.78 is 27.2. The molecule has 0 aliphatic carbocycles. The molecular formula is C28H40N2O9. The van der Waals surface area contributed by atoms with Gasteiger partial charge in [0.15, 0.2) is 6.29 Å². The largest absolute Gasteiger partial charge is 0.491 e. The van der Waals surface area contributed by atoms with Gasteiger partial charge in [0.2, 0.25) is 0 Å². The van der Waals surface area contributed by atoms with Crippen molar-refractivity contribution in [2.24, 2.45) is 10.2 Å². The highest BCUT2D eigenvalue weighted by atomic mass is 16.7. The van der Waals surface area contributed by atoms with Crippen LogP contribution in [-0.4, -0.2) is 97.4 Å². The number of nitrogens with zero attached hydrogens (tertiary/aromatic N) is 2. The fourth-order valence-electron chi connectivity index (χ4n) is 3.80. The third-order valence-electron chi connectivity index (χ3n) is 6.10. The molecule has 11 heteroatoms. The first-order valence-electron chi connectivity index (χ1n) is 13.3. The average Bonchev–Trinajstić information content (AvgIpc) is 2.97. The number of aryl methyl sites for hydroxylation is 1. The van der Waals surface area contributed by atoms with Crippen LogP contribution in [0.2, 0.25) is 0 Å². The Hall–Kier alpha value is -2.48. The minimum atomic E-state index is -1.47. The van der Waals surface area contributed by atoms with Gasteiger partial charge in [-0.3, -0.25) is 0 Å². The number of benzene rings is 2. The number of ether oxygens (including phenoxy) is 5. The van der Waals surface area contributed by atoms with Crippen LogP contribution < -0.4 is 4.74 Å². The molecule has 0 spiro atoms. The standard InChI is InChI=1S/C28H40N2O9/c1-2-3-4-20-5-7-21(8-6-20)29-30-22-9-11-23(12-10-22)37-17-15-35-13-14-36-16-18-38-28-27(34)26(33)25(32)24(19-31)39-28/h5-12,24-28,31-34H,2-4,13-19H2,1H3/t24-,25+,26+,27-,28-/m1/s1. The normalized spacial score (nSPS) is 23.4. The van der Waals surface area contributed by atoms with Crippen molar-refractivity contribution in [1.29, 1.82) is 0 Å². The van der Waals surface area contributed by atoms with Gasteiger partial charge >= 0.3 is 0 Å². The topological polar surface area (TPSA) is 152 Å². The van der Waals surface area contributed by atoms with Gasteiger partial charge in [-0.2, -0.15) is 10.2 Å². The first-order chi connectivity index (χ1) is 19.0. The molecule has 2 aromatic carbocycles. The second-order valence-electron chi connectivity index (χ2n) is 9.11. The van der Waals surface area contributed by atoms with Crippen molar-refractivity contribution in [3.05, 3.63) is 54.1 Å². The second-order valence-corrected chi connectivity index (χ2v) is 9.11. The highest BCUT2D eigenvalue weighted by Gasteiger charge is 2.43. The third-order valence-corrected chi connectivity index (χ3v) is 6.10. The van der Waals surface area contributed by atoms with Crippen molar-refractivity contribution in [2.75, 3.05) is 46.2 Å². The zero-order chi connectivity index (χ0) is 27.9. The molecule has 0 saturated carbocycles. The van der Waals surface area contributed by atoms with Crippen molar-refractivity contribution in [2.45, 2.75) is 56.9 Å². The number of aliphatic hydroxyl groups is 4. The van der Waals surface area contributed by atoms with E-state index in [1.54, 1.807) is 0 Å². The summed E-state index contributed by atoms with van der Waals surface area (Å²) in [5, 5.41) is 47.2. The summed E-state index contributed by atoms with van der Waals surface area (Å²) in [5.41, 5.74) is 2.87. The molecule has 4 N–H and O–H groups in total. The molecule has 1 fully saturated rings. The van der Waals surface area contributed by atoms with Crippen molar-refractivity contribution in [1.82, 2.24) is 0 Å². The first-order valence-corrected chi connectivity index (χ1v) is 13.3. The van der Waals surface area contributed by atoms with Gasteiger partial charge in [-0.05, 0) is 54.8 Å². The number of azo groups is 1. The number of unbranched alkanes of at least 4 members (excludes halogenated alkanes) is 1. The summed E-state index contributed by atoms with van der Waals surface area (Å²) in [4.78, 5) is 0. The van der Waals surface area contributed by atoms with Gasteiger partial charge in [-0.15, -0.1) is 0 Å². The molecule has 5 atom stereocenters. The maximum atomic E-state index is 9.91. The number of rotatable bonds is 17. The maximum absolute atomic E-state index is 9.91. The van der Waals surface area contributed by atoms with Crippen LogP contribution in [0.5, 0.6) is 5.75 Å². The lowest BCUT2D eigenvalue weighted by Crippen LogP contribution is -2.59. The lowest BCUT2D eigenvalue weighted by molar-refractivity contribution is -0.302. The molecule has 3 rings (SSSR count). The van der Waals surface area contributed by atoms with Crippen LogP contribution in [0.25, 0.3) is 0 Å². The Labute approximate surface area is 229 Å². The Morgan fingerprint density at radius 2 is 1.33 bits per heavy atom. The Bertz CT molecular complexity index is 957. The molecule has 0 radical (unpaired) electrons. The Morgan fingerprint density at radius 3 is 1.95 bits per heavy atom. The highest BCUT2D eigenvalue weighted by Crippen LogP contribution is 2.23. The number of hydrogen-bond donors (Lipinski definition) is 4. The fourth-order valence-corrected chi connectivity index (χ4v) is 3.80. The number of aliphatic hydroxyl groups excluding tert-OH is 4. The van der Waals surface area contributed by atoms with E-state index in [-0.39, 0.29) is 13.2 Å². The van der Waals surface area contributed by atoms with Crippen molar-refractivity contribution < 1.29 is 44.1 Å². The van der Waals surface area contributed by atoms with Gasteiger partial charge in [-0.25, -0.2) is 0 Å². The van der Waals surface area contributed by atoms with Crippen LogP contribution in [0, 0.1) is 0 Å². The summed E-state index contributed by atoms with van der Waals surface area (Å²) in [6.07, 6.45) is -3.03. The van der Waals surface area contributed by atoms with Crippen LogP contribution in [0.1, 0.15) is 25.3 Å². The lowest BCUT2D eigenvalue weighted by atomic mass is 9.99. The Morgan fingerprint density at radius 1 is 0.744 bits per heavy atom. The fraction of sp³-hybridized carbons (Fsp3) is 0.571. The van der Waals surface area contributed by atoms with Gasteiger partial charge in [-0.1, -0.05) is 25.5 Å². The summed E-state index contributed by atoms with van der Waals surface area (Å²) >= 11 is 0. The van der Waals surface area contributed by atoms with E-state index in [0.29, 0.717) is 32.2 Å². The predicted octanol–water partition coefficient (Wildman–Crippen LogP) is 2.67. The molecule has 39 heavy (non-hydrogen) atoms. The molecule has 0 amide bonds. The molecule has 1 saturated heterocycles. The summed E-state index contributed by atoms with van der Waals surface area (Å²) in [5.74, 6) is 0.708. The van der Waals surface area contributed by atoms with Crippen LogP contribution in [0.4, 0.5) is 11.4 Å².